The molecule has 2 heterocycles. The molecule has 2 unspecified atom stereocenters. The van der Waals surface area contributed by atoms with E-state index in [0.717, 1.165) is 5.56 Å². The number of aliphatic hydroxyl groups excluding tert-OH is 1. The largest absolute Gasteiger partial charge is 0.480 e. The molecule has 2 N–H and O–H groups in total. The van der Waals surface area contributed by atoms with Crippen LogP contribution in [0.1, 0.15) is 12.0 Å². The van der Waals surface area contributed by atoms with Crippen LogP contribution >= 0.6 is 0 Å². The Labute approximate surface area is 116 Å². The van der Waals surface area contributed by atoms with Crippen molar-refractivity contribution in [2.24, 2.45) is 0 Å². The van der Waals surface area contributed by atoms with Crippen LogP contribution < -0.4 is 0 Å². The van der Waals surface area contributed by atoms with Gasteiger partial charge in [-0.15, -0.1) is 0 Å². The normalized spacial score (nSPS) is 21.8. The first-order valence-corrected chi connectivity index (χ1v) is 6.30. The standard InChI is InChI=1S/C13H17N3O4/c1-15(7-9-3-2-4-14-6-9)13(20)16-8-10(17)5-11(16)12(18)19/h2-4,6,10-11,17H,5,7-8H2,1H3,(H,18,19). The SMILES string of the molecule is CN(Cc1cccnc1)C(=O)N1CC(O)CC1C(=O)O. The molecule has 2 rings (SSSR count). The van der Waals surface area contributed by atoms with Gasteiger partial charge in [0.25, 0.3) is 0 Å². The molecule has 2 atom stereocenters. The first kappa shape index (κ1) is 14.3. The van der Waals surface area contributed by atoms with Gasteiger partial charge in [0, 0.05) is 39.0 Å². The predicted molar refractivity (Wildman–Crippen MR) is 69.9 cm³/mol. The maximum absolute atomic E-state index is 12.3. The molecule has 0 aliphatic carbocycles. The molecule has 2 amide bonds. The molecule has 1 saturated heterocycles. The van der Waals surface area contributed by atoms with E-state index in [1.165, 1.54) is 9.80 Å². The summed E-state index contributed by atoms with van der Waals surface area (Å²) < 4.78 is 0. The third-order valence-electron chi connectivity index (χ3n) is 3.28. The zero-order chi connectivity index (χ0) is 14.7. The summed E-state index contributed by atoms with van der Waals surface area (Å²) in [6.45, 7) is 0.388. The smallest absolute Gasteiger partial charge is 0.326 e. The Balaban J connectivity index is 2.04. The lowest BCUT2D eigenvalue weighted by molar-refractivity contribution is -0.141. The molecule has 0 spiro atoms. The molecule has 108 valence electrons. The number of urea groups is 1. The van der Waals surface area contributed by atoms with Gasteiger partial charge in [0.05, 0.1) is 6.10 Å². The zero-order valence-corrected chi connectivity index (χ0v) is 11.1. The quantitative estimate of drug-likeness (QED) is 0.821. The monoisotopic (exact) mass is 279 g/mol. The highest BCUT2D eigenvalue weighted by atomic mass is 16.4. The molecule has 0 bridgehead atoms. The molecule has 1 aliphatic heterocycles. The lowest BCUT2D eigenvalue weighted by Gasteiger charge is -2.27. The first-order valence-electron chi connectivity index (χ1n) is 6.30. The van der Waals surface area contributed by atoms with Crippen LogP contribution in [0, 0.1) is 0 Å². The highest BCUT2D eigenvalue weighted by Gasteiger charge is 2.39. The Kier molecular flexibility index (Phi) is 4.19. The number of rotatable bonds is 3. The van der Waals surface area contributed by atoms with E-state index in [1.54, 1.807) is 25.5 Å². The second-order valence-corrected chi connectivity index (χ2v) is 4.90. The van der Waals surface area contributed by atoms with E-state index >= 15 is 0 Å². The highest BCUT2D eigenvalue weighted by molar-refractivity contribution is 5.83. The summed E-state index contributed by atoms with van der Waals surface area (Å²) in [5.41, 5.74) is 0.856. The van der Waals surface area contributed by atoms with Gasteiger partial charge in [-0.3, -0.25) is 4.98 Å². The van der Waals surface area contributed by atoms with Gasteiger partial charge in [-0.1, -0.05) is 6.07 Å². The van der Waals surface area contributed by atoms with Gasteiger partial charge < -0.3 is 20.0 Å². The minimum absolute atomic E-state index is 0.0488. The summed E-state index contributed by atoms with van der Waals surface area (Å²) in [5, 5.41) is 18.6. The van der Waals surface area contributed by atoms with Crippen molar-refractivity contribution in [1.82, 2.24) is 14.8 Å². The van der Waals surface area contributed by atoms with Crippen molar-refractivity contribution in [3.05, 3.63) is 30.1 Å². The molecule has 1 aromatic heterocycles. The number of aliphatic carboxylic acids is 1. The summed E-state index contributed by atoms with van der Waals surface area (Å²) in [6.07, 6.45) is 2.58. The molecule has 0 aromatic carbocycles. The Bertz CT molecular complexity index is 494. The van der Waals surface area contributed by atoms with E-state index < -0.39 is 24.1 Å². The minimum atomic E-state index is -1.09. The third-order valence-corrected chi connectivity index (χ3v) is 3.28. The van der Waals surface area contributed by atoms with E-state index in [-0.39, 0.29) is 13.0 Å². The Morgan fingerprint density at radius 1 is 1.55 bits per heavy atom. The van der Waals surface area contributed by atoms with E-state index in [9.17, 15) is 14.7 Å². The van der Waals surface area contributed by atoms with Crippen molar-refractivity contribution in [2.75, 3.05) is 13.6 Å². The van der Waals surface area contributed by atoms with Crippen molar-refractivity contribution < 1.29 is 19.8 Å². The number of pyridine rings is 1. The maximum atomic E-state index is 12.3. The number of amides is 2. The van der Waals surface area contributed by atoms with E-state index in [1.807, 2.05) is 6.07 Å². The molecular formula is C13H17N3O4. The predicted octanol–water partition coefficient (Wildman–Crippen LogP) is 0.153. The van der Waals surface area contributed by atoms with Crippen LogP contribution in [-0.4, -0.2) is 62.7 Å². The number of hydrogen-bond donors (Lipinski definition) is 2. The molecule has 1 aliphatic rings. The van der Waals surface area contributed by atoms with Crippen LogP contribution in [0.2, 0.25) is 0 Å². The van der Waals surface area contributed by atoms with Gasteiger partial charge in [0.1, 0.15) is 6.04 Å². The second kappa shape index (κ2) is 5.87. The van der Waals surface area contributed by atoms with Gasteiger partial charge in [0.15, 0.2) is 0 Å². The Morgan fingerprint density at radius 3 is 2.90 bits per heavy atom. The molecule has 0 radical (unpaired) electrons. The second-order valence-electron chi connectivity index (χ2n) is 4.90. The van der Waals surface area contributed by atoms with Gasteiger partial charge in [-0.2, -0.15) is 0 Å². The number of carboxylic acid groups (broad SMARTS) is 1. The molecular weight excluding hydrogens is 262 g/mol. The van der Waals surface area contributed by atoms with Crippen molar-refractivity contribution in [2.45, 2.75) is 25.1 Å². The number of hydrogen-bond acceptors (Lipinski definition) is 4. The number of carbonyl (C=O) groups excluding carboxylic acids is 1. The maximum Gasteiger partial charge on any atom is 0.326 e. The van der Waals surface area contributed by atoms with E-state index in [4.69, 9.17) is 5.11 Å². The zero-order valence-electron chi connectivity index (χ0n) is 11.1. The fourth-order valence-corrected chi connectivity index (χ4v) is 2.31. The minimum Gasteiger partial charge on any atom is -0.480 e. The first-order chi connectivity index (χ1) is 9.49. The number of aliphatic hydroxyl groups is 1. The fraction of sp³-hybridized carbons (Fsp3) is 0.462. The average molecular weight is 279 g/mol. The van der Waals surface area contributed by atoms with Gasteiger partial charge in [0.2, 0.25) is 0 Å². The fourth-order valence-electron chi connectivity index (χ4n) is 2.31. The van der Waals surface area contributed by atoms with Gasteiger partial charge >= 0.3 is 12.0 Å². The van der Waals surface area contributed by atoms with Gasteiger partial charge in [-0.05, 0) is 11.6 Å². The van der Waals surface area contributed by atoms with Crippen LogP contribution in [0.4, 0.5) is 4.79 Å². The Morgan fingerprint density at radius 2 is 2.30 bits per heavy atom. The van der Waals surface area contributed by atoms with Crippen molar-refractivity contribution in [1.29, 1.82) is 0 Å². The summed E-state index contributed by atoms with van der Waals surface area (Å²) in [4.78, 5) is 30.0. The summed E-state index contributed by atoms with van der Waals surface area (Å²) in [7, 11) is 1.60. The Hall–Kier alpha value is -2.15. The van der Waals surface area contributed by atoms with Crippen LogP contribution in [0.5, 0.6) is 0 Å². The van der Waals surface area contributed by atoms with Crippen LogP contribution in [0.15, 0.2) is 24.5 Å². The summed E-state index contributed by atoms with van der Waals surface area (Å²) in [5.74, 6) is -1.09. The van der Waals surface area contributed by atoms with Crippen molar-refractivity contribution >= 4 is 12.0 Å². The molecule has 0 saturated carbocycles. The lowest BCUT2D eigenvalue weighted by Crippen LogP contribution is -2.46. The van der Waals surface area contributed by atoms with E-state index in [0.29, 0.717) is 6.54 Å². The highest BCUT2D eigenvalue weighted by Crippen LogP contribution is 2.20. The average Bonchev–Trinajstić information content (AvgIpc) is 2.81. The van der Waals surface area contributed by atoms with Gasteiger partial charge in [-0.25, -0.2) is 9.59 Å². The third kappa shape index (κ3) is 3.05. The molecule has 1 fully saturated rings. The topological polar surface area (TPSA) is 94.0 Å². The lowest BCUT2D eigenvalue weighted by atomic mass is 10.2. The molecule has 7 nitrogen and oxygen atoms in total. The number of carbonyl (C=O) groups is 2. The molecule has 20 heavy (non-hydrogen) atoms. The van der Waals surface area contributed by atoms with Crippen molar-refractivity contribution in [3.63, 3.8) is 0 Å². The number of aromatic nitrogens is 1. The molecule has 7 heteroatoms. The van der Waals surface area contributed by atoms with Crippen LogP contribution in [0.3, 0.4) is 0 Å². The number of likely N-dealkylation sites (tertiary alicyclic amines) is 1. The summed E-state index contributed by atoms with van der Waals surface area (Å²) in [6, 6.07) is 2.24. The molecule has 1 aromatic rings. The van der Waals surface area contributed by atoms with Crippen LogP contribution in [0.25, 0.3) is 0 Å². The number of β-amino-alcohol motifs (C(OH)–C–C–N with tert-alkyl or cyclic N) is 1. The van der Waals surface area contributed by atoms with Crippen LogP contribution in [-0.2, 0) is 11.3 Å². The van der Waals surface area contributed by atoms with Crippen molar-refractivity contribution in [3.8, 4) is 0 Å². The van der Waals surface area contributed by atoms with E-state index in [2.05, 4.69) is 4.98 Å². The summed E-state index contributed by atoms with van der Waals surface area (Å²) >= 11 is 0. The number of nitrogens with zero attached hydrogens (tertiary/aromatic N) is 3. The number of carboxylic acids is 1.